The molecule has 0 saturated heterocycles. The number of nitrogens with one attached hydrogen (secondary N) is 1. The van der Waals surface area contributed by atoms with E-state index in [0.29, 0.717) is 18.1 Å². The number of rotatable bonds is 4. The van der Waals surface area contributed by atoms with Gasteiger partial charge in [-0.3, -0.25) is 0 Å². The lowest BCUT2D eigenvalue weighted by Gasteiger charge is -2.04. The molecule has 0 bridgehead atoms. The molecular formula is C11H10ClFN2O. The van der Waals surface area contributed by atoms with Crippen molar-refractivity contribution in [1.82, 2.24) is 10.5 Å². The monoisotopic (exact) mass is 240 g/mol. The molecule has 3 nitrogen and oxygen atoms in total. The van der Waals surface area contributed by atoms with Gasteiger partial charge in [0.2, 0.25) is 0 Å². The lowest BCUT2D eigenvalue weighted by atomic mass is 10.2. The van der Waals surface area contributed by atoms with Gasteiger partial charge in [0.1, 0.15) is 11.6 Å². The van der Waals surface area contributed by atoms with Gasteiger partial charge in [0.05, 0.1) is 12.7 Å². The van der Waals surface area contributed by atoms with Crippen molar-refractivity contribution in [3.8, 4) is 0 Å². The zero-order valence-electron chi connectivity index (χ0n) is 8.41. The van der Waals surface area contributed by atoms with Gasteiger partial charge >= 0.3 is 0 Å². The molecule has 0 aliphatic rings. The van der Waals surface area contributed by atoms with Crippen molar-refractivity contribution in [2.75, 3.05) is 0 Å². The van der Waals surface area contributed by atoms with Gasteiger partial charge in [-0.15, -0.1) is 0 Å². The minimum Gasteiger partial charge on any atom is -0.360 e. The van der Waals surface area contributed by atoms with Crippen LogP contribution in [0.15, 0.2) is 35.0 Å². The number of halogens is 2. The third-order valence-corrected chi connectivity index (χ3v) is 2.47. The highest BCUT2D eigenvalue weighted by Crippen LogP contribution is 2.16. The van der Waals surface area contributed by atoms with Crippen LogP contribution >= 0.6 is 11.6 Å². The van der Waals surface area contributed by atoms with Crippen molar-refractivity contribution in [2.45, 2.75) is 13.1 Å². The maximum atomic E-state index is 12.8. The zero-order valence-corrected chi connectivity index (χ0v) is 9.17. The molecule has 2 rings (SSSR count). The van der Waals surface area contributed by atoms with Crippen molar-refractivity contribution >= 4 is 11.6 Å². The summed E-state index contributed by atoms with van der Waals surface area (Å²) >= 11 is 5.87. The first-order chi connectivity index (χ1) is 7.75. The maximum Gasteiger partial charge on any atom is 0.150 e. The quantitative estimate of drug-likeness (QED) is 0.893. The van der Waals surface area contributed by atoms with Crippen LogP contribution in [0.1, 0.15) is 11.3 Å². The second-order valence-electron chi connectivity index (χ2n) is 3.32. The number of aromatic nitrogens is 1. The molecule has 1 aromatic carbocycles. The molecule has 0 spiro atoms. The Kier molecular flexibility index (Phi) is 3.54. The van der Waals surface area contributed by atoms with Crippen LogP contribution in [-0.2, 0) is 13.1 Å². The van der Waals surface area contributed by atoms with E-state index in [-0.39, 0.29) is 5.82 Å². The molecule has 5 heteroatoms. The topological polar surface area (TPSA) is 38.1 Å². The fourth-order valence-electron chi connectivity index (χ4n) is 1.32. The smallest absolute Gasteiger partial charge is 0.150 e. The molecule has 0 atom stereocenters. The largest absolute Gasteiger partial charge is 0.360 e. The van der Waals surface area contributed by atoms with Crippen LogP contribution in [0.4, 0.5) is 4.39 Å². The molecule has 1 heterocycles. The van der Waals surface area contributed by atoms with Gasteiger partial charge < -0.3 is 9.84 Å². The van der Waals surface area contributed by atoms with E-state index in [9.17, 15) is 4.39 Å². The van der Waals surface area contributed by atoms with E-state index in [0.717, 1.165) is 11.3 Å². The summed E-state index contributed by atoms with van der Waals surface area (Å²) in [6.07, 6.45) is 1.59. The van der Waals surface area contributed by atoms with Crippen molar-refractivity contribution in [3.63, 3.8) is 0 Å². The maximum absolute atomic E-state index is 12.8. The standard InChI is InChI=1S/C11H10ClFN2O/c12-11-5-9(13)2-1-8(11)6-14-7-10-3-4-15-16-10/h1-5,14H,6-7H2. The summed E-state index contributed by atoms with van der Waals surface area (Å²) < 4.78 is 17.7. The predicted molar refractivity (Wildman–Crippen MR) is 58.5 cm³/mol. The van der Waals surface area contributed by atoms with E-state index >= 15 is 0 Å². The summed E-state index contributed by atoms with van der Waals surface area (Å²) in [7, 11) is 0. The number of hydrogen-bond acceptors (Lipinski definition) is 3. The molecule has 0 unspecified atom stereocenters. The minimum atomic E-state index is -0.330. The first-order valence-electron chi connectivity index (χ1n) is 4.80. The third-order valence-electron chi connectivity index (χ3n) is 2.12. The van der Waals surface area contributed by atoms with Crippen LogP contribution in [0.3, 0.4) is 0 Å². The Balaban J connectivity index is 1.90. The Labute approximate surface area is 97.2 Å². The van der Waals surface area contributed by atoms with Gasteiger partial charge in [0, 0.05) is 17.6 Å². The highest BCUT2D eigenvalue weighted by atomic mass is 35.5. The molecule has 84 valence electrons. The van der Waals surface area contributed by atoms with Crippen LogP contribution in [0.25, 0.3) is 0 Å². The van der Waals surface area contributed by atoms with Gasteiger partial charge in [-0.2, -0.15) is 0 Å². The van der Waals surface area contributed by atoms with Gasteiger partial charge in [0.15, 0.2) is 0 Å². The predicted octanol–water partition coefficient (Wildman–Crippen LogP) is 2.76. The van der Waals surface area contributed by atoms with Crippen LogP contribution in [-0.4, -0.2) is 5.16 Å². The van der Waals surface area contributed by atoms with Gasteiger partial charge in [0.25, 0.3) is 0 Å². The van der Waals surface area contributed by atoms with E-state index in [4.69, 9.17) is 16.1 Å². The lowest BCUT2D eigenvalue weighted by molar-refractivity contribution is 0.373. The van der Waals surface area contributed by atoms with E-state index in [2.05, 4.69) is 10.5 Å². The molecule has 0 fully saturated rings. The van der Waals surface area contributed by atoms with Crippen LogP contribution < -0.4 is 5.32 Å². The molecule has 16 heavy (non-hydrogen) atoms. The second-order valence-corrected chi connectivity index (χ2v) is 3.73. The summed E-state index contributed by atoms with van der Waals surface area (Å²) in [6.45, 7) is 1.12. The normalized spacial score (nSPS) is 10.6. The summed E-state index contributed by atoms with van der Waals surface area (Å²) in [5, 5.41) is 7.13. The SMILES string of the molecule is Fc1ccc(CNCc2ccno2)c(Cl)c1. The summed E-state index contributed by atoms with van der Waals surface area (Å²) in [6, 6.07) is 6.12. The Morgan fingerprint density at radius 3 is 2.88 bits per heavy atom. The second kappa shape index (κ2) is 5.09. The van der Waals surface area contributed by atoms with Crippen LogP contribution in [0, 0.1) is 5.82 Å². The molecule has 0 amide bonds. The summed E-state index contributed by atoms with van der Waals surface area (Å²) in [4.78, 5) is 0. The molecule has 1 aromatic heterocycles. The molecule has 0 radical (unpaired) electrons. The summed E-state index contributed by atoms with van der Waals surface area (Å²) in [5.74, 6) is 0.419. The average Bonchev–Trinajstić information content (AvgIpc) is 2.74. The minimum absolute atomic E-state index is 0.330. The Morgan fingerprint density at radius 2 is 2.19 bits per heavy atom. The molecule has 0 aliphatic carbocycles. The van der Waals surface area contributed by atoms with E-state index in [1.54, 1.807) is 18.3 Å². The first kappa shape index (κ1) is 11.1. The lowest BCUT2D eigenvalue weighted by Crippen LogP contribution is -2.12. The molecule has 1 N–H and O–H groups in total. The van der Waals surface area contributed by atoms with Crippen molar-refractivity contribution in [3.05, 3.63) is 52.6 Å². The van der Waals surface area contributed by atoms with Gasteiger partial charge in [-0.05, 0) is 17.7 Å². The first-order valence-corrected chi connectivity index (χ1v) is 5.18. The van der Waals surface area contributed by atoms with E-state index < -0.39 is 0 Å². The molecule has 0 aliphatic heterocycles. The fourth-order valence-corrected chi connectivity index (χ4v) is 1.55. The van der Waals surface area contributed by atoms with Crippen molar-refractivity contribution in [1.29, 1.82) is 0 Å². The van der Waals surface area contributed by atoms with Gasteiger partial charge in [-0.25, -0.2) is 4.39 Å². The van der Waals surface area contributed by atoms with Gasteiger partial charge in [-0.1, -0.05) is 22.8 Å². The molecular weight excluding hydrogens is 231 g/mol. The highest BCUT2D eigenvalue weighted by Gasteiger charge is 2.02. The van der Waals surface area contributed by atoms with Crippen molar-refractivity contribution < 1.29 is 8.91 Å². The van der Waals surface area contributed by atoms with E-state index in [1.807, 2.05) is 0 Å². The number of benzene rings is 1. The van der Waals surface area contributed by atoms with Crippen molar-refractivity contribution in [2.24, 2.45) is 0 Å². The molecule has 0 saturated carbocycles. The van der Waals surface area contributed by atoms with Crippen LogP contribution in [0.5, 0.6) is 0 Å². The number of nitrogens with zero attached hydrogens (tertiary/aromatic N) is 1. The molecule has 2 aromatic rings. The number of hydrogen-bond donors (Lipinski definition) is 1. The van der Waals surface area contributed by atoms with Crippen LogP contribution in [0.2, 0.25) is 5.02 Å². The summed E-state index contributed by atoms with van der Waals surface area (Å²) in [5.41, 5.74) is 0.850. The Hall–Kier alpha value is -1.39. The van der Waals surface area contributed by atoms with E-state index in [1.165, 1.54) is 12.1 Å². The highest BCUT2D eigenvalue weighted by molar-refractivity contribution is 6.31. The Morgan fingerprint density at radius 1 is 1.31 bits per heavy atom. The Bertz CT molecular complexity index is 459. The third kappa shape index (κ3) is 2.81. The fraction of sp³-hybridized carbons (Fsp3) is 0.182. The average molecular weight is 241 g/mol. The zero-order chi connectivity index (χ0) is 11.4.